The number of carbonyl (C=O) groups is 1. The molecule has 6 nitrogen and oxygen atoms in total. The largest absolute Gasteiger partial charge is 0.371 e. The van der Waals surface area contributed by atoms with Crippen LogP contribution in [-0.2, 0) is 0 Å². The second-order valence-corrected chi connectivity index (χ2v) is 6.50. The molecule has 0 spiro atoms. The van der Waals surface area contributed by atoms with Gasteiger partial charge < -0.3 is 10.2 Å². The molecule has 1 amide bonds. The highest BCUT2D eigenvalue weighted by atomic mass is 16.2. The van der Waals surface area contributed by atoms with E-state index >= 15 is 0 Å². The molecule has 26 heavy (non-hydrogen) atoms. The van der Waals surface area contributed by atoms with Gasteiger partial charge in [-0.2, -0.15) is 9.90 Å². The second kappa shape index (κ2) is 7.39. The van der Waals surface area contributed by atoms with Crippen LogP contribution in [0.25, 0.3) is 5.69 Å². The fourth-order valence-electron chi connectivity index (χ4n) is 3.25. The molecule has 1 fully saturated rings. The summed E-state index contributed by atoms with van der Waals surface area (Å²) in [7, 11) is 0. The van der Waals surface area contributed by atoms with Gasteiger partial charge in [0.1, 0.15) is 0 Å². The Morgan fingerprint density at radius 3 is 2.46 bits per heavy atom. The van der Waals surface area contributed by atoms with E-state index in [0.29, 0.717) is 18.2 Å². The number of rotatable bonds is 5. The smallest absolute Gasteiger partial charge is 0.273 e. The van der Waals surface area contributed by atoms with E-state index in [2.05, 4.69) is 44.7 Å². The fraction of sp³-hybridized carbons (Fsp3) is 0.250. The van der Waals surface area contributed by atoms with E-state index in [4.69, 9.17) is 0 Å². The first-order valence-corrected chi connectivity index (χ1v) is 8.85. The summed E-state index contributed by atoms with van der Waals surface area (Å²) in [5, 5.41) is 11.4. The topological polar surface area (TPSA) is 63.1 Å². The van der Waals surface area contributed by atoms with Crippen molar-refractivity contribution in [3.8, 4) is 5.69 Å². The number of hydrogen-bond acceptors (Lipinski definition) is 4. The predicted molar refractivity (Wildman–Crippen MR) is 100 cm³/mol. The third kappa shape index (κ3) is 3.59. The Bertz CT molecular complexity index is 862. The highest BCUT2D eigenvalue weighted by Gasteiger charge is 2.23. The van der Waals surface area contributed by atoms with Crippen molar-refractivity contribution in [3.63, 3.8) is 0 Å². The number of hydrogen-bond donors (Lipinski definition) is 1. The van der Waals surface area contributed by atoms with Gasteiger partial charge in [0.2, 0.25) is 0 Å². The average molecular weight is 347 g/mol. The van der Waals surface area contributed by atoms with Crippen molar-refractivity contribution in [2.24, 2.45) is 5.92 Å². The Hall–Kier alpha value is -3.15. The Morgan fingerprint density at radius 1 is 1.04 bits per heavy atom. The van der Waals surface area contributed by atoms with E-state index in [1.54, 1.807) is 0 Å². The molecule has 2 aromatic carbocycles. The Kier molecular flexibility index (Phi) is 4.64. The normalized spacial score (nSPS) is 16.6. The zero-order valence-corrected chi connectivity index (χ0v) is 14.5. The van der Waals surface area contributed by atoms with E-state index in [1.165, 1.54) is 16.7 Å². The number of benzene rings is 2. The van der Waals surface area contributed by atoms with E-state index in [1.807, 2.05) is 36.4 Å². The first kappa shape index (κ1) is 16.3. The van der Waals surface area contributed by atoms with Crippen molar-refractivity contribution >= 4 is 11.6 Å². The zero-order chi connectivity index (χ0) is 17.8. The molecule has 2 heterocycles. The first-order chi connectivity index (χ1) is 12.8. The van der Waals surface area contributed by atoms with E-state index < -0.39 is 0 Å². The summed E-state index contributed by atoms with van der Waals surface area (Å²) in [6.07, 6.45) is 2.58. The number of amides is 1. The van der Waals surface area contributed by atoms with Crippen LogP contribution in [0.3, 0.4) is 0 Å². The lowest BCUT2D eigenvalue weighted by Crippen LogP contribution is -2.31. The van der Waals surface area contributed by atoms with Gasteiger partial charge in [-0.05, 0) is 36.6 Å². The molecule has 1 aromatic heterocycles. The minimum absolute atomic E-state index is 0.176. The molecule has 1 N–H and O–H groups in total. The summed E-state index contributed by atoms with van der Waals surface area (Å²) < 4.78 is 0. The van der Waals surface area contributed by atoms with Gasteiger partial charge >= 0.3 is 0 Å². The SMILES string of the molecule is O=C(NCC1CCN(c2ccccc2)C1)c1cnn(-c2ccccc2)n1. The first-order valence-electron chi connectivity index (χ1n) is 8.85. The third-order valence-electron chi connectivity index (χ3n) is 4.67. The minimum Gasteiger partial charge on any atom is -0.371 e. The van der Waals surface area contributed by atoms with E-state index in [9.17, 15) is 4.79 Å². The van der Waals surface area contributed by atoms with Crippen LogP contribution in [0.15, 0.2) is 66.9 Å². The molecule has 6 heteroatoms. The van der Waals surface area contributed by atoms with E-state index in [-0.39, 0.29) is 5.91 Å². The van der Waals surface area contributed by atoms with Crippen LogP contribution < -0.4 is 10.2 Å². The van der Waals surface area contributed by atoms with Crippen LogP contribution >= 0.6 is 0 Å². The fourth-order valence-corrected chi connectivity index (χ4v) is 3.25. The molecule has 4 rings (SSSR count). The molecule has 1 aliphatic heterocycles. The van der Waals surface area contributed by atoms with Crippen LogP contribution in [0.5, 0.6) is 0 Å². The van der Waals surface area contributed by atoms with Gasteiger partial charge in [0.05, 0.1) is 11.9 Å². The van der Waals surface area contributed by atoms with Crippen molar-refractivity contribution in [1.82, 2.24) is 20.3 Å². The summed E-state index contributed by atoms with van der Waals surface area (Å²) in [5.41, 5.74) is 2.42. The van der Waals surface area contributed by atoms with Gasteiger partial charge in [0.15, 0.2) is 5.69 Å². The Balaban J connectivity index is 1.32. The molecular weight excluding hydrogens is 326 g/mol. The molecular formula is C20H21N5O. The highest BCUT2D eigenvalue weighted by molar-refractivity contribution is 5.91. The minimum atomic E-state index is -0.176. The molecule has 0 saturated carbocycles. The van der Waals surface area contributed by atoms with Gasteiger partial charge in [-0.1, -0.05) is 36.4 Å². The summed E-state index contributed by atoms with van der Waals surface area (Å²) in [6.45, 7) is 2.64. The lowest BCUT2D eigenvalue weighted by Gasteiger charge is -2.18. The van der Waals surface area contributed by atoms with Crippen molar-refractivity contribution in [1.29, 1.82) is 0 Å². The number of nitrogens with zero attached hydrogens (tertiary/aromatic N) is 4. The summed E-state index contributed by atoms with van der Waals surface area (Å²) >= 11 is 0. The monoisotopic (exact) mass is 347 g/mol. The van der Waals surface area contributed by atoms with Crippen LogP contribution in [0.1, 0.15) is 16.9 Å². The van der Waals surface area contributed by atoms with Crippen LogP contribution in [0.2, 0.25) is 0 Å². The molecule has 1 aliphatic rings. The molecule has 0 bridgehead atoms. The molecule has 1 saturated heterocycles. The molecule has 0 radical (unpaired) electrons. The summed E-state index contributed by atoms with van der Waals surface area (Å²) in [6, 6.07) is 20.0. The van der Waals surface area contributed by atoms with Gasteiger partial charge in [-0.3, -0.25) is 4.79 Å². The van der Waals surface area contributed by atoms with Crippen LogP contribution in [-0.4, -0.2) is 40.5 Å². The number of nitrogens with one attached hydrogen (secondary N) is 1. The maximum absolute atomic E-state index is 12.4. The van der Waals surface area contributed by atoms with Crippen molar-refractivity contribution in [2.45, 2.75) is 6.42 Å². The standard InChI is InChI=1S/C20H21N5O/c26-20(19-14-22-25(23-19)18-9-5-2-6-10-18)21-13-16-11-12-24(15-16)17-7-3-1-4-8-17/h1-10,14,16H,11-13,15H2,(H,21,26). The molecule has 1 atom stereocenters. The number of carbonyl (C=O) groups excluding carboxylic acids is 1. The van der Waals surface area contributed by atoms with Crippen LogP contribution in [0, 0.1) is 5.92 Å². The Labute approximate surface area is 152 Å². The lowest BCUT2D eigenvalue weighted by molar-refractivity contribution is 0.0943. The maximum atomic E-state index is 12.4. The highest BCUT2D eigenvalue weighted by Crippen LogP contribution is 2.22. The van der Waals surface area contributed by atoms with E-state index in [0.717, 1.165) is 25.2 Å². The Morgan fingerprint density at radius 2 is 1.73 bits per heavy atom. The molecule has 3 aromatic rings. The number of para-hydroxylation sites is 2. The number of anilines is 1. The maximum Gasteiger partial charge on any atom is 0.273 e. The lowest BCUT2D eigenvalue weighted by atomic mass is 10.1. The van der Waals surface area contributed by atoms with Gasteiger partial charge in [-0.15, -0.1) is 5.10 Å². The average Bonchev–Trinajstić information content (AvgIpc) is 3.37. The van der Waals surface area contributed by atoms with Gasteiger partial charge in [0.25, 0.3) is 5.91 Å². The summed E-state index contributed by atoms with van der Waals surface area (Å²) in [5.74, 6) is 0.272. The molecule has 132 valence electrons. The van der Waals surface area contributed by atoms with Crippen molar-refractivity contribution in [3.05, 3.63) is 72.6 Å². The third-order valence-corrected chi connectivity index (χ3v) is 4.67. The zero-order valence-electron chi connectivity index (χ0n) is 14.5. The van der Waals surface area contributed by atoms with Crippen LogP contribution in [0.4, 0.5) is 5.69 Å². The van der Waals surface area contributed by atoms with Gasteiger partial charge in [0, 0.05) is 25.3 Å². The van der Waals surface area contributed by atoms with Crippen molar-refractivity contribution in [2.75, 3.05) is 24.5 Å². The molecule has 1 unspecified atom stereocenters. The van der Waals surface area contributed by atoms with Gasteiger partial charge in [-0.25, -0.2) is 0 Å². The molecule has 0 aliphatic carbocycles. The number of aromatic nitrogens is 3. The quantitative estimate of drug-likeness (QED) is 0.770. The van der Waals surface area contributed by atoms with Crippen molar-refractivity contribution < 1.29 is 4.79 Å². The summed E-state index contributed by atoms with van der Waals surface area (Å²) in [4.78, 5) is 16.2. The second-order valence-electron chi connectivity index (χ2n) is 6.50. The predicted octanol–water partition coefficient (Wildman–Crippen LogP) is 2.52.